The standard InChI is InChI=1S/C30H21ClN2O7/c1-39-25-15-17(14-24(31)26(25)40-16-20-7-4-6-18-5-2-3-8-22(18)20)13-23-27(34)32-30(38)33(28(23)35)21-11-9-19(10-12-21)29(36)37/h2-15H,16H2,1H3,(H,36,37)(H,32,34,38)/b23-13+. The SMILES string of the molecule is COc1cc(/C=C2\C(=O)NC(=O)N(c3ccc(C(=O)O)cc3)C2=O)cc(Cl)c1OCc1cccc2ccccc12. The number of rotatable bonds is 7. The number of hydrogen-bond donors (Lipinski definition) is 2. The molecule has 0 spiro atoms. The lowest BCUT2D eigenvalue weighted by Crippen LogP contribution is -2.54. The summed E-state index contributed by atoms with van der Waals surface area (Å²) >= 11 is 6.54. The van der Waals surface area contributed by atoms with Crippen molar-refractivity contribution in [2.24, 2.45) is 0 Å². The zero-order valence-electron chi connectivity index (χ0n) is 21.0. The van der Waals surface area contributed by atoms with Crippen molar-refractivity contribution in [2.75, 3.05) is 12.0 Å². The Balaban J connectivity index is 1.43. The number of aromatic carboxylic acids is 1. The fourth-order valence-electron chi connectivity index (χ4n) is 4.34. The van der Waals surface area contributed by atoms with Gasteiger partial charge in [0.05, 0.1) is 23.4 Å². The molecule has 4 aromatic carbocycles. The number of carboxylic acid groups (broad SMARTS) is 1. The molecular weight excluding hydrogens is 536 g/mol. The van der Waals surface area contributed by atoms with E-state index < -0.39 is 23.8 Å². The van der Waals surface area contributed by atoms with Gasteiger partial charge < -0.3 is 14.6 Å². The van der Waals surface area contributed by atoms with Crippen LogP contribution in [0.2, 0.25) is 5.02 Å². The molecule has 4 amide bonds. The third-order valence-corrected chi connectivity index (χ3v) is 6.57. The highest BCUT2D eigenvalue weighted by Gasteiger charge is 2.37. The summed E-state index contributed by atoms with van der Waals surface area (Å²) in [5.41, 5.74) is 1.05. The number of ether oxygens (including phenoxy) is 2. The Kier molecular flexibility index (Phi) is 7.22. The van der Waals surface area contributed by atoms with Crippen LogP contribution in [0.15, 0.2) is 84.4 Å². The van der Waals surface area contributed by atoms with Crippen molar-refractivity contribution in [3.05, 3.63) is 106 Å². The minimum Gasteiger partial charge on any atom is -0.493 e. The number of halogens is 1. The Morgan fingerprint density at radius 1 is 1.00 bits per heavy atom. The zero-order chi connectivity index (χ0) is 28.4. The number of anilines is 1. The number of benzene rings is 4. The molecule has 1 aliphatic heterocycles. The summed E-state index contributed by atoms with van der Waals surface area (Å²) in [6.45, 7) is 0.219. The van der Waals surface area contributed by atoms with Crippen LogP contribution < -0.4 is 19.7 Å². The van der Waals surface area contributed by atoms with Gasteiger partial charge in [0.1, 0.15) is 12.2 Å². The molecule has 4 aromatic rings. The topological polar surface area (TPSA) is 122 Å². The van der Waals surface area contributed by atoms with E-state index in [9.17, 15) is 19.2 Å². The zero-order valence-corrected chi connectivity index (χ0v) is 21.8. The number of carbonyl (C=O) groups excluding carboxylic acids is 3. The third-order valence-electron chi connectivity index (χ3n) is 6.29. The summed E-state index contributed by atoms with van der Waals surface area (Å²) < 4.78 is 11.5. The quantitative estimate of drug-likeness (QED) is 0.229. The first-order valence-electron chi connectivity index (χ1n) is 12.0. The van der Waals surface area contributed by atoms with Crippen LogP contribution in [0.5, 0.6) is 11.5 Å². The van der Waals surface area contributed by atoms with Gasteiger partial charge in [-0.2, -0.15) is 0 Å². The highest BCUT2D eigenvalue weighted by Crippen LogP contribution is 2.38. The Labute approximate surface area is 233 Å². The van der Waals surface area contributed by atoms with E-state index in [0.29, 0.717) is 5.56 Å². The number of fused-ring (bicyclic) bond motifs is 1. The van der Waals surface area contributed by atoms with Crippen LogP contribution in [-0.2, 0) is 16.2 Å². The van der Waals surface area contributed by atoms with Gasteiger partial charge in [0, 0.05) is 0 Å². The summed E-state index contributed by atoms with van der Waals surface area (Å²) in [4.78, 5) is 50.2. The second kappa shape index (κ2) is 10.9. The molecule has 40 heavy (non-hydrogen) atoms. The third kappa shape index (κ3) is 5.10. The van der Waals surface area contributed by atoms with Crippen LogP contribution in [0.3, 0.4) is 0 Å². The van der Waals surface area contributed by atoms with Crippen molar-refractivity contribution in [3.8, 4) is 11.5 Å². The number of imide groups is 2. The van der Waals surface area contributed by atoms with Crippen LogP contribution in [0.25, 0.3) is 16.8 Å². The van der Waals surface area contributed by atoms with Gasteiger partial charge in [-0.3, -0.25) is 14.9 Å². The average molecular weight is 557 g/mol. The van der Waals surface area contributed by atoms with Gasteiger partial charge in [0.25, 0.3) is 11.8 Å². The highest BCUT2D eigenvalue weighted by atomic mass is 35.5. The number of carboxylic acids is 1. The van der Waals surface area contributed by atoms with Crippen LogP contribution in [0.1, 0.15) is 21.5 Å². The van der Waals surface area contributed by atoms with Crippen LogP contribution in [0, 0.1) is 0 Å². The van der Waals surface area contributed by atoms with Crippen molar-refractivity contribution in [3.63, 3.8) is 0 Å². The maximum atomic E-state index is 13.2. The smallest absolute Gasteiger partial charge is 0.335 e. The van der Waals surface area contributed by atoms with Crippen LogP contribution in [0.4, 0.5) is 10.5 Å². The van der Waals surface area contributed by atoms with Gasteiger partial charge in [-0.1, -0.05) is 54.1 Å². The molecule has 0 unspecified atom stereocenters. The number of carbonyl (C=O) groups is 4. The number of nitrogens with one attached hydrogen (secondary N) is 1. The first-order chi connectivity index (χ1) is 19.3. The number of urea groups is 1. The molecule has 1 saturated heterocycles. The predicted molar refractivity (Wildman–Crippen MR) is 149 cm³/mol. The lowest BCUT2D eigenvalue weighted by atomic mass is 10.1. The molecule has 0 aliphatic carbocycles. The highest BCUT2D eigenvalue weighted by molar-refractivity contribution is 6.39. The minimum absolute atomic E-state index is 0.0232. The molecule has 2 N–H and O–H groups in total. The van der Waals surface area contributed by atoms with E-state index in [1.165, 1.54) is 43.5 Å². The van der Waals surface area contributed by atoms with Crippen molar-refractivity contribution in [2.45, 2.75) is 6.61 Å². The first kappa shape index (κ1) is 26.5. The Hall–Kier alpha value is -5.15. The molecule has 0 radical (unpaired) electrons. The summed E-state index contributed by atoms with van der Waals surface area (Å²) in [6, 6.07) is 21.0. The van der Waals surface area contributed by atoms with Crippen LogP contribution >= 0.6 is 11.6 Å². The number of nitrogens with zero attached hydrogens (tertiary/aromatic N) is 1. The molecule has 0 atom stereocenters. The largest absolute Gasteiger partial charge is 0.493 e. The van der Waals surface area contributed by atoms with Gasteiger partial charge in [-0.25, -0.2) is 14.5 Å². The number of hydrogen-bond acceptors (Lipinski definition) is 6. The summed E-state index contributed by atoms with van der Waals surface area (Å²) in [7, 11) is 1.44. The Morgan fingerprint density at radius 3 is 2.45 bits per heavy atom. The molecule has 0 aromatic heterocycles. The van der Waals surface area contributed by atoms with Gasteiger partial charge in [-0.15, -0.1) is 0 Å². The van der Waals surface area contributed by atoms with Gasteiger partial charge in [-0.05, 0) is 64.4 Å². The van der Waals surface area contributed by atoms with Crippen molar-refractivity contribution >= 4 is 58.0 Å². The molecule has 1 fully saturated rings. The Bertz CT molecular complexity index is 1710. The second-order valence-corrected chi connectivity index (χ2v) is 9.18. The Morgan fingerprint density at radius 2 is 1.73 bits per heavy atom. The predicted octanol–water partition coefficient (Wildman–Crippen LogP) is 5.45. The van der Waals surface area contributed by atoms with E-state index in [4.69, 9.17) is 26.2 Å². The summed E-state index contributed by atoms with van der Waals surface area (Å²) in [5, 5.41) is 13.5. The van der Waals surface area contributed by atoms with E-state index in [2.05, 4.69) is 5.32 Å². The van der Waals surface area contributed by atoms with Gasteiger partial charge in [0.2, 0.25) is 0 Å². The van der Waals surface area contributed by atoms with Crippen molar-refractivity contribution in [1.29, 1.82) is 0 Å². The molecule has 1 aliphatic rings. The molecule has 10 heteroatoms. The van der Waals surface area contributed by atoms with E-state index >= 15 is 0 Å². The molecular formula is C30H21ClN2O7. The fraction of sp³-hybridized carbons (Fsp3) is 0.0667. The molecule has 9 nitrogen and oxygen atoms in total. The lowest BCUT2D eigenvalue weighted by molar-refractivity contribution is -0.122. The lowest BCUT2D eigenvalue weighted by Gasteiger charge is -2.26. The molecule has 1 heterocycles. The molecule has 200 valence electrons. The average Bonchev–Trinajstić information content (AvgIpc) is 2.94. The fourth-order valence-corrected chi connectivity index (χ4v) is 4.62. The first-order valence-corrected chi connectivity index (χ1v) is 12.4. The van der Waals surface area contributed by atoms with E-state index in [1.54, 1.807) is 6.07 Å². The molecule has 0 bridgehead atoms. The van der Waals surface area contributed by atoms with Crippen molar-refractivity contribution < 1.29 is 33.8 Å². The normalized spacial score (nSPS) is 14.4. The van der Waals surface area contributed by atoms with E-state index in [0.717, 1.165) is 21.2 Å². The maximum absolute atomic E-state index is 13.2. The molecule has 5 rings (SSSR count). The maximum Gasteiger partial charge on any atom is 0.335 e. The number of barbiturate groups is 1. The monoisotopic (exact) mass is 556 g/mol. The number of amides is 4. The van der Waals surface area contributed by atoms with Crippen molar-refractivity contribution in [1.82, 2.24) is 5.32 Å². The molecule has 0 saturated carbocycles. The van der Waals surface area contributed by atoms with Crippen LogP contribution in [-0.4, -0.2) is 36.0 Å². The summed E-state index contributed by atoms with van der Waals surface area (Å²) in [5.74, 6) is -2.37. The van der Waals surface area contributed by atoms with Gasteiger partial charge >= 0.3 is 12.0 Å². The summed E-state index contributed by atoms with van der Waals surface area (Å²) in [6.07, 6.45) is 1.28. The minimum atomic E-state index is -1.16. The second-order valence-electron chi connectivity index (χ2n) is 8.77. The van der Waals surface area contributed by atoms with E-state index in [-0.39, 0.29) is 40.0 Å². The number of methoxy groups -OCH3 is 1. The van der Waals surface area contributed by atoms with Gasteiger partial charge in [0.15, 0.2) is 11.5 Å². The van der Waals surface area contributed by atoms with E-state index in [1.807, 2.05) is 42.5 Å².